The summed E-state index contributed by atoms with van der Waals surface area (Å²) in [7, 11) is 0. The predicted molar refractivity (Wildman–Crippen MR) is 134 cm³/mol. The molecule has 1 fully saturated rings. The molecule has 5 aromatic rings. The third kappa shape index (κ3) is 3.87. The Kier molecular flexibility index (Phi) is 5.14. The highest BCUT2D eigenvalue weighted by atomic mass is 19.1. The zero-order valence-electron chi connectivity index (χ0n) is 19.3. The third-order valence-electron chi connectivity index (χ3n) is 6.77. The maximum absolute atomic E-state index is 14.2. The molecule has 0 saturated carbocycles. The third-order valence-corrected chi connectivity index (χ3v) is 6.77. The molecule has 4 heterocycles. The second-order valence-corrected chi connectivity index (χ2v) is 9.24. The molecule has 178 valence electrons. The molecule has 0 spiro atoms. The van der Waals surface area contributed by atoms with Crippen molar-refractivity contribution in [2.75, 3.05) is 12.3 Å². The van der Waals surface area contributed by atoms with Gasteiger partial charge in [-0.1, -0.05) is 12.1 Å². The molecular weight excluding hydrogens is 445 g/mol. The van der Waals surface area contributed by atoms with Gasteiger partial charge in [0.1, 0.15) is 17.8 Å². The monoisotopic (exact) mass is 471 g/mol. The number of nitrogens with zero attached hydrogens (tertiary/aromatic N) is 3. The Labute approximate surface area is 200 Å². The van der Waals surface area contributed by atoms with Crippen LogP contribution in [0.1, 0.15) is 40.3 Å². The standard InChI is InChI=1S/C26H26FN7O/c1-14-31-20-7-6-17(12-23(20)32-14)34-26(28)18(13-30-34)25(35)24-11-16-5-4-15(9-21(16)33-24)10-22-19(27)3-2-8-29-22/h4-7,9,11-13,19,22,29,33H,2-3,8,10,28H2,1H3,(H,31,32). The number of H-pyrrole nitrogens is 2. The Morgan fingerprint density at radius 1 is 1.17 bits per heavy atom. The van der Waals surface area contributed by atoms with Gasteiger partial charge in [-0.2, -0.15) is 5.10 Å². The molecule has 2 atom stereocenters. The summed E-state index contributed by atoms with van der Waals surface area (Å²) >= 11 is 0. The van der Waals surface area contributed by atoms with E-state index in [0.29, 0.717) is 24.1 Å². The van der Waals surface area contributed by atoms with Gasteiger partial charge in [0.25, 0.3) is 0 Å². The van der Waals surface area contributed by atoms with E-state index in [2.05, 4.69) is 25.4 Å². The first-order valence-corrected chi connectivity index (χ1v) is 11.8. The summed E-state index contributed by atoms with van der Waals surface area (Å²) in [4.78, 5) is 24.1. The van der Waals surface area contributed by atoms with Crippen molar-refractivity contribution in [1.29, 1.82) is 0 Å². The van der Waals surface area contributed by atoms with Crippen LogP contribution >= 0.6 is 0 Å². The maximum Gasteiger partial charge on any atom is 0.214 e. The lowest BCUT2D eigenvalue weighted by Crippen LogP contribution is -2.44. The van der Waals surface area contributed by atoms with Crippen LogP contribution in [-0.4, -0.2) is 49.3 Å². The first-order valence-electron chi connectivity index (χ1n) is 11.8. The molecule has 5 N–H and O–H groups in total. The molecule has 0 aliphatic carbocycles. The SMILES string of the molecule is Cc1nc2ccc(-n3ncc(C(=O)c4cc5ccc(CC6NCCCC6F)cc5[nH]4)c3N)cc2[nH]1. The molecule has 9 heteroatoms. The van der Waals surface area contributed by atoms with Crippen molar-refractivity contribution in [2.45, 2.75) is 38.4 Å². The summed E-state index contributed by atoms with van der Waals surface area (Å²) in [6.07, 6.45) is 2.74. The molecule has 3 aromatic heterocycles. The van der Waals surface area contributed by atoms with E-state index in [1.807, 2.05) is 49.4 Å². The van der Waals surface area contributed by atoms with Gasteiger partial charge in [0, 0.05) is 16.9 Å². The van der Waals surface area contributed by atoms with Gasteiger partial charge in [0.05, 0.1) is 34.2 Å². The average Bonchev–Trinajstić information content (AvgIpc) is 3.55. The first kappa shape index (κ1) is 21.5. The molecule has 6 rings (SSSR count). The predicted octanol–water partition coefficient (Wildman–Crippen LogP) is 3.98. The molecule has 0 radical (unpaired) electrons. The van der Waals surface area contributed by atoms with Gasteiger partial charge >= 0.3 is 0 Å². The van der Waals surface area contributed by atoms with E-state index >= 15 is 0 Å². The average molecular weight is 472 g/mol. The van der Waals surface area contributed by atoms with Gasteiger partial charge in [-0.3, -0.25) is 4.79 Å². The smallest absolute Gasteiger partial charge is 0.214 e. The number of anilines is 1. The summed E-state index contributed by atoms with van der Waals surface area (Å²) < 4.78 is 15.8. The van der Waals surface area contributed by atoms with Crippen molar-refractivity contribution in [1.82, 2.24) is 30.0 Å². The van der Waals surface area contributed by atoms with Crippen LogP contribution in [0.25, 0.3) is 27.6 Å². The van der Waals surface area contributed by atoms with Crippen LogP contribution < -0.4 is 11.1 Å². The van der Waals surface area contributed by atoms with Crippen LogP contribution in [0.2, 0.25) is 0 Å². The van der Waals surface area contributed by atoms with Crippen LogP contribution in [-0.2, 0) is 6.42 Å². The number of carbonyl (C=O) groups is 1. The number of aryl methyl sites for hydroxylation is 1. The summed E-state index contributed by atoms with van der Waals surface area (Å²) in [5.41, 5.74) is 11.4. The van der Waals surface area contributed by atoms with E-state index in [9.17, 15) is 9.18 Å². The molecule has 0 bridgehead atoms. The summed E-state index contributed by atoms with van der Waals surface area (Å²) in [6, 6.07) is 13.2. The van der Waals surface area contributed by atoms with Crippen LogP contribution in [0.5, 0.6) is 0 Å². The number of hydrogen-bond donors (Lipinski definition) is 4. The van der Waals surface area contributed by atoms with Gasteiger partial charge in [-0.25, -0.2) is 14.1 Å². The lowest BCUT2D eigenvalue weighted by molar-refractivity contribution is 0.103. The Bertz CT molecular complexity index is 1560. The van der Waals surface area contributed by atoms with Gasteiger partial charge < -0.3 is 21.0 Å². The minimum Gasteiger partial charge on any atom is -0.383 e. The molecule has 1 saturated heterocycles. The van der Waals surface area contributed by atoms with Crippen molar-refractivity contribution in [3.63, 3.8) is 0 Å². The number of hydrogen-bond acceptors (Lipinski definition) is 5. The van der Waals surface area contributed by atoms with E-state index in [0.717, 1.165) is 52.0 Å². The quantitative estimate of drug-likeness (QED) is 0.289. The minimum absolute atomic E-state index is 0.173. The minimum atomic E-state index is -0.835. The zero-order chi connectivity index (χ0) is 24.1. The number of aromatic nitrogens is 5. The highest BCUT2D eigenvalue weighted by Crippen LogP contribution is 2.25. The number of piperidine rings is 1. The molecule has 2 unspecified atom stereocenters. The number of nitrogen functional groups attached to an aromatic ring is 1. The van der Waals surface area contributed by atoms with Crippen LogP contribution in [0, 0.1) is 6.92 Å². The van der Waals surface area contributed by atoms with Gasteiger partial charge in [0.15, 0.2) is 0 Å². The fraction of sp³-hybridized carbons (Fsp3) is 0.269. The highest BCUT2D eigenvalue weighted by Gasteiger charge is 2.25. The number of aromatic amines is 2. The summed E-state index contributed by atoms with van der Waals surface area (Å²) in [5, 5.41) is 8.56. The molecule has 1 aliphatic rings. The van der Waals surface area contributed by atoms with E-state index in [-0.39, 0.29) is 17.6 Å². The number of benzene rings is 2. The van der Waals surface area contributed by atoms with Crippen molar-refractivity contribution in [3.05, 3.63) is 71.3 Å². The van der Waals surface area contributed by atoms with E-state index in [4.69, 9.17) is 5.73 Å². The van der Waals surface area contributed by atoms with Crippen LogP contribution in [0.3, 0.4) is 0 Å². The molecule has 0 amide bonds. The van der Waals surface area contributed by atoms with Crippen molar-refractivity contribution < 1.29 is 9.18 Å². The van der Waals surface area contributed by atoms with Crippen molar-refractivity contribution >= 4 is 33.5 Å². The Hall–Kier alpha value is -3.98. The number of ketones is 1. The van der Waals surface area contributed by atoms with Crippen LogP contribution in [0.15, 0.2) is 48.7 Å². The number of nitrogens with one attached hydrogen (secondary N) is 3. The molecule has 8 nitrogen and oxygen atoms in total. The van der Waals surface area contributed by atoms with E-state index in [1.165, 1.54) is 6.20 Å². The maximum atomic E-state index is 14.2. The van der Waals surface area contributed by atoms with Crippen LogP contribution in [0.4, 0.5) is 10.2 Å². The topological polar surface area (TPSA) is 117 Å². The number of rotatable bonds is 5. The molecular formula is C26H26FN7O. The fourth-order valence-electron chi connectivity index (χ4n) is 4.93. The second kappa shape index (κ2) is 8.35. The van der Waals surface area contributed by atoms with Crippen molar-refractivity contribution in [3.8, 4) is 5.69 Å². The molecule has 2 aromatic carbocycles. The van der Waals surface area contributed by atoms with Gasteiger partial charge in [-0.15, -0.1) is 0 Å². The second-order valence-electron chi connectivity index (χ2n) is 9.24. The number of carbonyl (C=O) groups excluding carboxylic acids is 1. The van der Waals surface area contributed by atoms with Gasteiger partial charge in [0.2, 0.25) is 5.78 Å². The number of alkyl halides is 1. The number of fused-ring (bicyclic) bond motifs is 2. The Morgan fingerprint density at radius 2 is 2.06 bits per heavy atom. The molecule has 35 heavy (non-hydrogen) atoms. The van der Waals surface area contributed by atoms with Crippen molar-refractivity contribution in [2.24, 2.45) is 0 Å². The Balaban J connectivity index is 1.27. The fourth-order valence-corrected chi connectivity index (χ4v) is 4.93. The van der Waals surface area contributed by atoms with Gasteiger partial charge in [-0.05, 0) is 68.6 Å². The number of halogens is 1. The molecule has 1 aliphatic heterocycles. The summed E-state index contributed by atoms with van der Waals surface area (Å²) in [5.74, 6) is 0.855. The number of nitrogens with two attached hydrogens (primary N) is 1. The Morgan fingerprint density at radius 3 is 2.91 bits per heavy atom. The lowest BCUT2D eigenvalue weighted by atomic mass is 9.96. The largest absolute Gasteiger partial charge is 0.383 e. The summed E-state index contributed by atoms with van der Waals surface area (Å²) in [6.45, 7) is 2.74. The van der Waals surface area contributed by atoms with E-state index < -0.39 is 6.17 Å². The number of imidazole rings is 1. The first-order chi connectivity index (χ1) is 17.0. The normalized spacial score (nSPS) is 18.5. The van der Waals surface area contributed by atoms with E-state index in [1.54, 1.807) is 4.68 Å². The lowest BCUT2D eigenvalue weighted by Gasteiger charge is -2.27. The highest BCUT2D eigenvalue weighted by molar-refractivity contribution is 6.12. The zero-order valence-corrected chi connectivity index (χ0v) is 19.3.